The van der Waals surface area contributed by atoms with E-state index in [0.29, 0.717) is 0 Å². The number of hydrogen-bond donors (Lipinski definition) is 0. The van der Waals surface area contributed by atoms with E-state index in [9.17, 15) is 0 Å². The fraction of sp³-hybridized carbons (Fsp3) is 0. The summed E-state index contributed by atoms with van der Waals surface area (Å²) in [7, 11) is 0. The van der Waals surface area contributed by atoms with E-state index in [2.05, 4.69) is 0 Å². The first kappa shape index (κ1) is 30.6. The van der Waals surface area contributed by atoms with Gasteiger partial charge in [-0.25, -0.2) is 0 Å². The first-order valence-electron chi connectivity index (χ1n) is 1.84. The molecule has 9 nitrogen and oxygen atoms in total. The van der Waals surface area contributed by atoms with Gasteiger partial charge in [-0.2, -0.15) is 0 Å². The smallest absolute Gasteiger partial charge is 4.00 e. The van der Waals surface area contributed by atoms with Gasteiger partial charge in [0, 0.05) is 0 Å². The Hall–Kier alpha value is 3.67. The largest absolute Gasteiger partial charge is 4.00 e. The molecule has 0 aromatic rings. The summed E-state index contributed by atoms with van der Waals surface area (Å²) in [6.45, 7) is 0. The van der Waals surface area contributed by atoms with E-state index in [4.69, 9.17) is 32.1 Å². The van der Waals surface area contributed by atoms with Gasteiger partial charge in [-0.05, 0) is 0 Å². The van der Waals surface area contributed by atoms with Gasteiger partial charge in [0.1, 0.15) is 0 Å². The maximum atomic E-state index is 8.58. The van der Waals surface area contributed by atoms with Crippen molar-refractivity contribution in [3.8, 4) is 0 Å². The number of hydrogen-bond acceptors (Lipinski definition) is 9. The van der Waals surface area contributed by atoms with Crippen LogP contribution in [0.1, 0.15) is 0 Å². The molecule has 0 radical (unpaired) electrons. The molecule has 0 aromatic carbocycles. The molecule has 14 heteroatoms. The predicted molar refractivity (Wildman–Crippen MR) is 13.6 cm³/mol. The molecule has 72 valence electrons. The minimum Gasteiger partial charge on any atom is 4.00 e. The molecule has 0 unspecified atom stereocenters. The van der Waals surface area contributed by atoms with Crippen molar-refractivity contribution in [1.29, 1.82) is 0 Å². The first-order valence-corrected chi connectivity index (χ1v) is 7.57. The standard InChI is InChI=1S/Ba.9O.Sn.3Ti/q+2;;;;6*-1;+4;;;. The first-order chi connectivity index (χ1) is 5.20. The van der Waals surface area contributed by atoms with Crippen molar-refractivity contribution in [2.75, 3.05) is 0 Å². The van der Waals surface area contributed by atoms with Crippen molar-refractivity contribution in [2.24, 2.45) is 0 Å². The maximum absolute atomic E-state index is 8.58. The van der Waals surface area contributed by atoms with Crippen LogP contribution in [0, 0.1) is 0 Å². The fourth-order valence-corrected chi connectivity index (χ4v) is 0. The van der Waals surface area contributed by atoms with Crippen LogP contribution in [0.2, 0.25) is 0 Å². The Labute approximate surface area is 157 Å². The van der Waals surface area contributed by atoms with E-state index < -0.39 is 55.8 Å². The Kier molecular flexibility index (Phi) is 55.7. The molecule has 0 aliphatic carbocycles. The molecule has 0 spiro atoms. The molecule has 0 saturated heterocycles. The van der Waals surface area contributed by atoms with E-state index >= 15 is 0 Å². The average molecular weight is 544 g/mol. The van der Waals surface area contributed by atoms with Crippen LogP contribution in [0.25, 0.3) is 0 Å². The SMILES string of the molecule is [Ba+2].[O]=[Ti]([O-])[O-].[O]=[Ti]([O-])[O-].[O]=[Ti]([O-])[O-].[Sn+4]. The zero-order chi connectivity index (χ0) is 10.7. The monoisotopic (exact) mass is 546 g/mol. The topological polar surface area (TPSA) is 190 Å². The summed E-state index contributed by atoms with van der Waals surface area (Å²) in [5.41, 5.74) is 0. The van der Waals surface area contributed by atoms with E-state index in [1.54, 1.807) is 0 Å². The Morgan fingerprint density at radius 1 is 0.571 bits per heavy atom. The van der Waals surface area contributed by atoms with Crippen LogP contribution < -0.4 is 22.1 Å². The third-order valence-corrected chi connectivity index (χ3v) is 0. The summed E-state index contributed by atoms with van der Waals surface area (Å²) in [6.07, 6.45) is 0. The van der Waals surface area contributed by atoms with Gasteiger partial charge in [-0.15, -0.1) is 0 Å². The quantitative estimate of drug-likeness (QED) is 0.267. The molecule has 0 fully saturated rings. The zero-order valence-electron chi connectivity index (χ0n) is 6.38. The minimum absolute atomic E-state index is 0. The van der Waals surface area contributed by atoms with Crippen LogP contribution in [0.5, 0.6) is 0 Å². The molecular formula is BaO9SnTi3. The van der Waals surface area contributed by atoms with Gasteiger partial charge in [-0.3, -0.25) is 0 Å². The van der Waals surface area contributed by atoms with Gasteiger partial charge >= 0.3 is 161 Å². The Bertz CT molecular complexity index is 118. The normalized spacial score (nSPS) is 5.57. The number of rotatable bonds is 0. The van der Waals surface area contributed by atoms with Crippen molar-refractivity contribution in [2.45, 2.75) is 0 Å². The third-order valence-electron chi connectivity index (χ3n) is 0. The molecule has 0 aromatic heterocycles. The summed E-state index contributed by atoms with van der Waals surface area (Å²) in [5, 5.41) is 0. The van der Waals surface area contributed by atoms with Crippen molar-refractivity contribution in [3.63, 3.8) is 0 Å². The van der Waals surface area contributed by atoms with Crippen LogP contribution in [0.3, 0.4) is 0 Å². The maximum Gasteiger partial charge on any atom is 4.00 e. The van der Waals surface area contributed by atoms with Crippen LogP contribution in [-0.2, 0) is 65.8 Å². The Morgan fingerprint density at radius 2 is 0.571 bits per heavy atom. The Morgan fingerprint density at radius 3 is 0.571 bits per heavy atom. The molecule has 0 N–H and O–H groups in total. The zero-order valence-corrected chi connectivity index (χ0v) is 18.4. The molecule has 0 bridgehead atoms. The molecule has 14 heavy (non-hydrogen) atoms. The summed E-state index contributed by atoms with van der Waals surface area (Å²) >= 11 is -12.2. The van der Waals surface area contributed by atoms with Gasteiger partial charge in [0.2, 0.25) is 0 Å². The summed E-state index contributed by atoms with van der Waals surface area (Å²) in [6, 6.07) is 0. The summed E-state index contributed by atoms with van der Waals surface area (Å²) in [4.78, 5) is 0. The second-order valence-electron chi connectivity index (χ2n) is 0.750. The summed E-state index contributed by atoms with van der Waals surface area (Å²) < 4.78 is 77.2. The third kappa shape index (κ3) is 250. The molecule has 0 aliphatic heterocycles. The molecular weight excluding hydrogens is 544 g/mol. The van der Waals surface area contributed by atoms with Crippen LogP contribution >= 0.6 is 0 Å². The predicted octanol–water partition coefficient (Wildman–Crippen LogP) is -8.26. The molecule has 0 aliphatic rings. The van der Waals surface area contributed by atoms with Crippen LogP contribution in [0.4, 0.5) is 0 Å². The minimum atomic E-state index is -4.08. The van der Waals surface area contributed by atoms with Crippen LogP contribution in [0.15, 0.2) is 0 Å². The Balaban J connectivity index is -0.0000000270. The van der Waals surface area contributed by atoms with Crippen LogP contribution in [-0.4, -0.2) is 72.8 Å². The van der Waals surface area contributed by atoms with E-state index in [1.165, 1.54) is 0 Å². The molecule has 0 rings (SSSR count). The van der Waals surface area contributed by atoms with E-state index in [0.717, 1.165) is 0 Å². The molecule has 0 amide bonds. The van der Waals surface area contributed by atoms with Gasteiger partial charge in [-0.1, -0.05) is 0 Å². The fourth-order valence-electron chi connectivity index (χ4n) is 0. The van der Waals surface area contributed by atoms with E-state index in [1.807, 2.05) is 0 Å². The second kappa shape index (κ2) is 25.5. The second-order valence-corrected chi connectivity index (χ2v) is 3.09. The van der Waals surface area contributed by atoms with Gasteiger partial charge in [0.05, 0.1) is 0 Å². The van der Waals surface area contributed by atoms with Crippen molar-refractivity contribution < 1.29 is 88.0 Å². The molecule has 0 atom stereocenters. The van der Waals surface area contributed by atoms with Crippen molar-refractivity contribution in [1.82, 2.24) is 0 Å². The van der Waals surface area contributed by atoms with Crippen molar-refractivity contribution >= 4 is 72.8 Å². The van der Waals surface area contributed by atoms with Gasteiger partial charge < -0.3 is 0 Å². The van der Waals surface area contributed by atoms with E-state index in [-0.39, 0.29) is 72.8 Å². The molecule has 0 heterocycles. The molecule has 0 saturated carbocycles. The van der Waals surface area contributed by atoms with Gasteiger partial charge in [0.25, 0.3) is 0 Å². The average Bonchev–Trinajstić information content (AvgIpc) is 1.54. The summed E-state index contributed by atoms with van der Waals surface area (Å²) in [5.74, 6) is 0. The van der Waals surface area contributed by atoms with Crippen molar-refractivity contribution in [3.05, 3.63) is 0 Å². The van der Waals surface area contributed by atoms with Gasteiger partial charge in [0.15, 0.2) is 0 Å².